The molecule has 7 heteroatoms. The monoisotopic (exact) mass is 346 g/mol. The Morgan fingerprint density at radius 1 is 1.08 bits per heavy atom. The number of amides is 2. The Bertz CT molecular complexity index is 737. The molecule has 132 valence electrons. The van der Waals surface area contributed by atoms with Gasteiger partial charge in [0.25, 0.3) is 11.8 Å². The molecule has 2 amide bonds. The second-order valence-electron chi connectivity index (χ2n) is 5.15. The van der Waals surface area contributed by atoms with Crippen molar-refractivity contribution in [3.8, 4) is 5.75 Å². The molecule has 3 N–H and O–H groups in total. The average Bonchev–Trinajstić information content (AvgIpc) is 2.62. The SMILES string of the molecule is O=C(COc1ccccc1C(=O)NCCCO)Nc1ccccc1F. The summed E-state index contributed by atoms with van der Waals surface area (Å²) in [5.41, 5.74) is 0.338. The van der Waals surface area contributed by atoms with Crippen molar-refractivity contribution in [1.82, 2.24) is 5.32 Å². The zero-order valence-corrected chi connectivity index (χ0v) is 13.5. The zero-order chi connectivity index (χ0) is 18.1. The highest BCUT2D eigenvalue weighted by Crippen LogP contribution is 2.18. The maximum atomic E-state index is 13.5. The van der Waals surface area contributed by atoms with E-state index in [9.17, 15) is 14.0 Å². The first-order valence-electron chi connectivity index (χ1n) is 7.77. The van der Waals surface area contributed by atoms with E-state index in [1.807, 2.05) is 0 Å². The summed E-state index contributed by atoms with van der Waals surface area (Å²) >= 11 is 0. The smallest absolute Gasteiger partial charge is 0.262 e. The van der Waals surface area contributed by atoms with E-state index in [0.717, 1.165) is 0 Å². The number of aliphatic hydroxyl groups excluding tert-OH is 1. The van der Waals surface area contributed by atoms with Crippen molar-refractivity contribution in [2.45, 2.75) is 6.42 Å². The summed E-state index contributed by atoms with van der Waals surface area (Å²) in [4.78, 5) is 24.0. The van der Waals surface area contributed by atoms with Crippen LogP contribution < -0.4 is 15.4 Å². The predicted molar refractivity (Wildman–Crippen MR) is 91.0 cm³/mol. The summed E-state index contributed by atoms with van der Waals surface area (Å²) in [6.45, 7) is -0.0542. The number of benzene rings is 2. The second kappa shape index (κ2) is 9.39. The lowest BCUT2D eigenvalue weighted by Crippen LogP contribution is -2.26. The average molecular weight is 346 g/mol. The summed E-state index contributed by atoms with van der Waals surface area (Å²) in [6.07, 6.45) is 0.444. The third-order valence-electron chi connectivity index (χ3n) is 3.26. The minimum Gasteiger partial charge on any atom is -0.483 e. The van der Waals surface area contributed by atoms with Gasteiger partial charge in [0.15, 0.2) is 6.61 Å². The van der Waals surface area contributed by atoms with Gasteiger partial charge < -0.3 is 20.5 Å². The molecular weight excluding hydrogens is 327 g/mol. The molecule has 0 fully saturated rings. The number of hydrogen-bond donors (Lipinski definition) is 3. The molecule has 2 aromatic rings. The maximum absolute atomic E-state index is 13.5. The number of halogens is 1. The first kappa shape index (κ1) is 18.4. The summed E-state index contributed by atoms with van der Waals surface area (Å²) in [5, 5.41) is 13.8. The van der Waals surface area contributed by atoms with E-state index in [-0.39, 0.29) is 36.1 Å². The summed E-state index contributed by atoms with van der Waals surface area (Å²) in [5.74, 6) is -1.20. The van der Waals surface area contributed by atoms with Crippen LogP contribution in [0.3, 0.4) is 0 Å². The Morgan fingerprint density at radius 3 is 2.56 bits per heavy atom. The van der Waals surface area contributed by atoms with Crippen LogP contribution in [0, 0.1) is 5.82 Å². The van der Waals surface area contributed by atoms with Crippen molar-refractivity contribution in [2.24, 2.45) is 0 Å². The highest BCUT2D eigenvalue weighted by atomic mass is 19.1. The van der Waals surface area contributed by atoms with Gasteiger partial charge in [-0.3, -0.25) is 9.59 Å². The minimum atomic E-state index is -0.542. The largest absolute Gasteiger partial charge is 0.483 e. The van der Waals surface area contributed by atoms with Crippen molar-refractivity contribution < 1.29 is 23.8 Å². The van der Waals surface area contributed by atoms with Gasteiger partial charge in [0.1, 0.15) is 11.6 Å². The van der Waals surface area contributed by atoms with Gasteiger partial charge in [-0.05, 0) is 30.7 Å². The number of hydrogen-bond acceptors (Lipinski definition) is 4. The van der Waals surface area contributed by atoms with E-state index in [4.69, 9.17) is 9.84 Å². The van der Waals surface area contributed by atoms with Gasteiger partial charge in [0.05, 0.1) is 11.3 Å². The molecule has 0 aliphatic heterocycles. The molecule has 0 bridgehead atoms. The molecule has 0 radical (unpaired) electrons. The number of carbonyl (C=O) groups excluding carboxylic acids is 2. The molecule has 0 aromatic heterocycles. The lowest BCUT2D eigenvalue weighted by atomic mass is 10.2. The molecule has 0 saturated carbocycles. The van der Waals surface area contributed by atoms with Crippen molar-refractivity contribution in [3.63, 3.8) is 0 Å². The van der Waals surface area contributed by atoms with Gasteiger partial charge in [-0.25, -0.2) is 4.39 Å². The van der Waals surface area contributed by atoms with Crippen LogP contribution in [0.2, 0.25) is 0 Å². The standard InChI is InChI=1S/C18H19FN2O4/c19-14-7-2-3-8-15(14)21-17(23)12-25-16-9-4-1-6-13(16)18(24)20-10-5-11-22/h1-4,6-9,22H,5,10-12H2,(H,20,24)(H,21,23). The summed E-state index contributed by atoms with van der Waals surface area (Å²) in [7, 11) is 0. The fourth-order valence-corrected chi connectivity index (χ4v) is 2.05. The molecule has 2 rings (SSSR count). The first-order valence-corrected chi connectivity index (χ1v) is 7.77. The highest BCUT2D eigenvalue weighted by Gasteiger charge is 2.13. The fourth-order valence-electron chi connectivity index (χ4n) is 2.05. The molecular formula is C18H19FN2O4. The Kier molecular flexibility index (Phi) is 6.91. The van der Waals surface area contributed by atoms with E-state index in [2.05, 4.69) is 10.6 Å². The second-order valence-corrected chi connectivity index (χ2v) is 5.15. The first-order chi connectivity index (χ1) is 12.1. The van der Waals surface area contributed by atoms with Crippen LogP contribution in [-0.2, 0) is 4.79 Å². The van der Waals surface area contributed by atoms with Crippen LogP contribution in [0.5, 0.6) is 5.75 Å². The van der Waals surface area contributed by atoms with Crippen LogP contribution in [0.15, 0.2) is 48.5 Å². The van der Waals surface area contributed by atoms with Crippen molar-refractivity contribution in [2.75, 3.05) is 25.1 Å². The van der Waals surface area contributed by atoms with Gasteiger partial charge >= 0.3 is 0 Å². The highest BCUT2D eigenvalue weighted by molar-refractivity contribution is 5.97. The number of rotatable bonds is 8. The molecule has 0 unspecified atom stereocenters. The molecule has 0 aliphatic carbocycles. The van der Waals surface area contributed by atoms with E-state index in [1.165, 1.54) is 18.2 Å². The van der Waals surface area contributed by atoms with Gasteiger partial charge in [0, 0.05) is 13.2 Å². The summed E-state index contributed by atoms with van der Waals surface area (Å²) < 4.78 is 18.9. The normalized spacial score (nSPS) is 10.2. The van der Waals surface area contributed by atoms with Crippen LogP contribution in [0.1, 0.15) is 16.8 Å². The van der Waals surface area contributed by atoms with Gasteiger partial charge in [-0.15, -0.1) is 0 Å². The predicted octanol–water partition coefficient (Wildman–Crippen LogP) is 1.96. The minimum absolute atomic E-state index is 0.0192. The van der Waals surface area contributed by atoms with Crippen molar-refractivity contribution in [1.29, 1.82) is 0 Å². The zero-order valence-electron chi connectivity index (χ0n) is 13.5. The number of aliphatic hydroxyl groups is 1. The lowest BCUT2D eigenvalue weighted by Gasteiger charge is -2.12. The number of nitrogens with one attached hydrogen (secondary N) is 2. The van der Waals surface area contributed by atoms with Gasteiger partial charge in [0.2, 0.25) is 0 Å². The fraction of sp³-hybridized carbons (Fsp3) is 0.222. The molecule has 0 heterocycles. The van der Waals surface area contributed by atoms with E-state index in [1.54, 1.807) is 30.3 Å². The Balaban J connectivity index is 1.95. The third kappa shape index (κ3) is 5.58. The third-order valence-corrected chi connectivity index (χ3v) is 3.26. The van der Waals surface area contributed by atoms with E-state index in [0.29, 0.717) is 13.0 Å². The molecule has 6 nitrogen and oxygen atoms in total. The molecule has 25 heavy (non-hydrogen) atoms. The Hall–Kier alpha value is -2.93. The Labute approximate surface area is 144 Å². The van der Waals surface area contributed by atoms with Crippen LogP contribution in [0.4, 0.5) is 10.1 Å². The van der Waals surface area contributed by atoms with Crippen LogP contribution >= 0.6 is 0 Å². The number of anilines is 1. The summed E-state index contributed by atoms with van der Waals surface area (Å²) in [6, 6.07) is 12.3. The van der Waals surface area contributed by atoms with E-state index >= 15 is 0 Å². The van der Waals surface area contributed by atoms with Crippen molar-refractivity contribution in [3.05, 3.63) is 59.9 Å². The molecule has 0 saturated heterocycles. The van der Waals surface area contributed by atoms with Gasteiger partial charge in [-0.1, -0.05) is 24.3 Å². The lowest BCUT2D eigenvalue weighted by molar-refractivity contribution is -0.118. The number of ether oxygens (including phenoxy) is 1. The topological polar surface area (TPSA) is 87.7 Å². The molecule has 0 aliphatic rings. The van der Waals surface area contributed by atoms with Crippen LogP contribution in [0.25, 0.3) is 0 Å². The molecule has 0 spiro atoms. The van der Waals surface area contributed by atoms with E-state index < -0.39 is 11.7 Å². The van der Waals surface area contributed by atoms with Crippen molar-refractivity contribution >= 4 is 17.5 Å². The molecule has 0 atom stereocenters. The quantitative estimate of drug-likeness (QED) is 0.638. The number of para-hydroxylation sites is 2. The maximum Gasteiger partial charge on any atom is 0.262 e. The van der Waals surface area contributed by atoms with Gasteiger partial charge in [-0.2, -0.15) is 0 Å². The number of carbonyl (C=O) groups is 2. The van der Waals surface area contributed by atoms with Crippen LogP contribution in [-0.4, -0.2) is 36.7 Å². The molecule has 2 aromatic carbocycles. The Morgan fingerprint density at radius 2 is 1.80 bits per heavy atom.